The quantitative estimate of drug-likeness (QED) is 0.143. The lowest BCUT2D eigenvalue weighted by Crippen LogP contribution is -2.59. The molecular weight excluding hydrogens is 692 g/mol. The molecule has 0 aliphatic carbocycles. The number of nitrogens with zero attached hydrogens (tertiary/aromatic N) is 5. The number of hydrogen-bond acceptors (Lipinski definition) is 9. The van der Waals surface area contributed by atoms with Gasteiger partial charge in [-0.1, -0.05) is 67.0 Å². The lowest BCUT2D eigenvalue weighted by atomic mass is 9.89. The van der Waals surface area contributed by atoms with Crippen molar-refractivity contribution in [3.8, 4) is 0 Å². The summed E-state index contributed by atoms with van der Waals surface area (Å²) in [5.74, 6) is -1.46. The SMILES string of the molecule is CC[C@H](C)[C@@H]([C@@H](CC(=O)N1CCC[C@H]1[C@H](OC)[C@@H](C)C(=O)N(C)CCc1cccc([N+](=O)[O-])c1)OC)N(C)C(=O)[C@@H](NC(=O)[C@H](C(C)C)N(C)C)C(C)C. The zero-order valence-corrected chi connectivity index (χ0v) is 35.0. The van der Waals surface area contributed by atoms with Gasteiger partial charge in [-0.2, -0.15) is 0 Å². The molecule has 0 radical (unpaired) electrons. The summed E-state index contributed by atoms with van der Waals surface area (Å²) in [6, 6.07) is 4.44. The molecule has 1 aliphatic rings. The van der Waals surface area contributed by atoms with Crippen LogP contribution in [0.5, 0.6) is 0 Å². The van der Waals surface area contributed by atoms with Crippen LogP contribution in [-0.2, 0) is 35.1 Å². The predicted molar refractivity (Wildman–Crippen MR) is 210 cm³/mol. The molecule has 0 bridgehead atoms. The lowest BCUT2D eigenvalue weighted by molar-refractivity contribution is -0.384. The normalized spacial score (nSPS) is 18.5. The number of ether oxygens (including phenoxy) is 2. The van der Waals surface area contributed by atoms with Crippen molar-refractivity contribution in [1.82, 2.24) is 24.9 Å². The molecule has 8 atom stereocenters. The van der Waals surface area contributed by atoms with E-state index in [1.807, 2.05) is 67.5 Å². The van der Waals surface area contributed by atoms with Gasteiger partial charge < -0.3 is 29.5 Å². The number of nitro groups is 1. The van der Waals surface area contributed by atoms with Crippen molar-refractivity contribution in [2.24, 2.45) is 23.7 Å². The number of carbonyl (C=O) groups excluding carboxylic acids is 4. The zero-order valence-electron chi connectivity index (χ0n) is 35.0. The molecule has 54 heavy (non-hydrogen) atoms. The molecule has 4 amide bonds. The number of nitrogens with one attached hydrogen (secondary N) is 1. The second-order valence-electron chi connectivity index (χ2n) is 15.9. The molecule has 0 aromatic heterocycles. The molecule has 1 fully saturated rings. The van der Waals surface area contributed by atoms with Gasteiger partial charge in [0.1, 0.15) is 6.04 Å². The summed E-state index contributed by atoms with van der Waals surface area (Å²) in [4.78, 5) is 73.2. The van der Waals surface area contributed by atoms with E-state index in [0.29, 0.717) is 25.9 Å². The number of non-ortho nitro benzene ring substituents is 1. The Morgan fingerprint density at radius 3 is 2.15 bits per heavy atom. The summed E-state index contributed by atoms with van der Waals surface area (Å²) in [6.45, 7) is 14.5. The number of carbonyl (C=O) groups is 4. The molecule has 0 spiro atoms. The van der Waals surface area contributed by atoms with Gasteiger partial charge in [-0.05, 0) is 56.7 Å². The highest BCUT2D eigenvalue weighted by molar-refractivity contribution is 5.90. The van der Waals surface area contributed by atoms with Gasteiger partial charge in [0.05, 0.1) is 47.6 Å². The minimum Gasteiger partial charge on any atom is -0.379 e. The summed E-state index contributed by atoms with van der Waals surface area (Å²) >= 11 is 0. The van der Waals surface area contributed by atoms with Crippen LogP contribution in [0.3, 0.4) is 0 Å². The van der Waals surface area contributed by atoms with Crippen LogP contribution in [0.1, 0.15) is 79.7 Å². The number of benzene rings is 1. The summed E-state index contributed by atoms with van der Waals surface area (Å²) in [5, 5.41) is 14.2. The number of likely N-dealkylation sites (tertiary alicyclic amines) is 1. The van der Waals surface area contributed by atoms with Crippen LogP contribution >= 0.6 is 0 Å². The number of methoxy groups -OCH3 is 2. The lowest BCUT2D eigenvalue weighted by Gasteiger charge is -2.41. The third kappa shape index (κ3) is 11.9. The highest BCUT2D eigenvalue weighted by Gasteiger charge is 2.43. The second kappa shape index (κ2) is 21.5. The number of rotatable bonds is 21. The molecule has 1 saturated heterocycles. The molecule has 1 aromatic rings. The molecule has 1 N–H and O–H groups in total. The van der Waals surface area contributed by atoms with Gasteiger partial charge in [0.2, 0.25) is 23.6 Å². The van der Waals surface area contributed by atoms with Crippen LogP contribution in [0.25, 0.3) is 0 Å². The van der Waals surface area contributed by atoms with E-state index < -0.39 is 41.2 Å². The zero-order chi connectivity index (χ0) is 41.0. The Morgan fingerprint density at radius 2 is 1.63 bits per heavy atom. The third-order valence-electron chi connectivity index (χ3n) is 11.2. The maximum Gasteiger partial charge on any atom is 0.269 e. The molecule has 1 heterocycles. The first kappa shape index (κ1) is 46.5. The summed E-state index contributed by atoms with van der Waals surface area (Å²) in [5.41, 5.74) is 0.769. The van der Waals surface area contributed by atoms with E-state index in [9.17, 15) is 29.3 Å². The Hall–Kier alpha value is -3.62. The van der Waals surface area contributed by atoms with Crippen LogP contribution in [0.4, 0.5) is 5.69 Å². The van der Waals surface area contributed by atoms with Crippen molar-refractivity contribution in [1.29, 1.82) is 0 Å². The van der Waals surface area contributed by atoms with E-state index in [1.165, 1.54) is 12.1 Å². The number of nitro benzene ring substituents is 1. The Morgan fingerprint density at radius 1 is 0.981 bits per heavy atom. The van der Waals surface area contributed by atoms with Crippen LogP contribution in [-0.4, -0.2) is 140 Å². The molecule has 1 aliphatic heterocycles. The van der Waals surface area contributed by atoms with Gasteiger partial charge in [-0.15, -0.1) is 0 Å². The molecule has 14 heteroatoms. The Bertz CT molecular complexity index is 1400. The van der Waals surface area contributed by atoms with Gasteiger partial charge in [-0.25, -0.2) is 0 Å². The maximum absolute atomic E-state index is 14.2. The van der Waals surface area contributed by atoms with Crippen molar-refractivity contribution in [3.63, 3.8) is 0 Å². The van der Waals surface area contributed by atoms with Gasteiger partial charge in [0, 0.05) is 53.5 Å². The molecular formula is C40H68N6O8. The van der Waals surface area contributed by atoms with Gasteiger partial charge in [-0.3, -0.25) is 34.2 Å². The molecule has 0 unspecified atom stereocenters. The Balaban J connectivity index is 2.24. The Kier molecular flexibility index (Phi) is 18.5. The molecule has 14 nitrogen and oxygen atoms in total. The fraction of sp³-hybridized carbons (Fsp3) is 0.750. The standard InChI is InChI=1S/C40H68N6O8/c1-14-27(6)36(44(11)40(50)34(25(2)3)41-38(48)35(26(4)5)42(8)9)32(53-12)24-33(47)45-21-16-19-31(45)37(54-13)28(7)39(49)43(10)22-20-29-17-15-18-30(23-29)46(51)52/h15,17-18,23,25-28,31-32,34-37H,14,16,19-22,24H2,1-13H3,(H,41,48)/t27-,28+,31-,32+,34-,35-,36-,37+/m0/s1. The molecule has 2 rings (SSSR count). The largest absolute Gasteiger partial charge is 0.379 e. The average molecular weight is 761 g/mol. The van der Waals surface area contributed by atoms with Crippen molar-refractivity contribution >= 4 is 29.3 Å². The summed E-state index contributed by atoms with van der Waals surface area (Å²) in [6.07, 6.45) is 1.44. The van der Waals surface area contributed by atoms with E-state index in [2.05, 4.69) is 5.32 Å². The highest BCUT2D eigenvalue weighted by Crippen LogP contribution is 2.30. The topological polar surface area (TPSA) is 155 Å². The van der Waals surface area contributed by atoms with Crippen molar-refractivity contribution in [2.75, 3.05) is 55.5 Å². The van der Waals surface area contributed by atoms with Crippen molar-refractivity contribution < 1.29 is 33.6 Å². The van der Waals surface area contributed by atoms with E-state index in [4.69, 9.17) is 9.47 Å². The van der Waals surface area contributed by atoms with E-state index in [1.54, 1.807) is 55.1 Å². The number of hydrogen-bond donors (Lipinski definition) is 1. The van der Waals surface area contributed by atoms with Gasteiger partial charge >= 0.3 is 0 Å². The van der Waals surface area contributed by atoms with E-state index >= 15 is 0 Å². The fourth-order valence-electron chi connectivity index (χ4n) is 7.98. The van der Waals surface area contributed by atoms with E-state index in [0.717, 1.165) is 18.4 Å². The minimum absolute atomic E-state index is 0.00775. The first-order valence-corrected chi connectivity index (χ1v) is 19.4. The van der Waals surface area contributed by atoms with Crippen LogP contribution in [0.15, 0.2) is 24.3 Å². The van der Waals surface area contributed by atoms with Gasteiger partial charge in [0.15, 0.2) is 0 Å². The summed E-state index contributed by atoms with van der Waals surface area (Å²) < 4.78 is 12.0. The first-order valence-electron chi connectivity index (χ1n) is 19.4. The van der Waals surface area contributed by atoms with Crippen molar-refractivity contribution in [2.45, 2.75) is 117 Å². The van der Waals surface area contributed by atoms with Crippen LogP contribution in [0, 0.1) is 33.8 Å². The number of likely N-dealkylation sites (N-methyl/N-ethyl adjacent to an activating group) is 3. The first-order chi connectivity index (χ1) is 25.3. The van der Waals surface area contributed by atoms with E-state index in [-0.39, 0.29) is 59.5 Å². The van der Waals surface area contributed by atoms with Crippen LogP contribution in [0.2, 0.25) is 0 Å². The minimum atomic E-state index is -0.766. The third-order valence-corrected chi connectivity index (χ3v) is 11.2. The van der Waals surface area contributed by atoms with Gasteiger partial charge in [0.25, 0.3) is 5.69 Å². The molecule has 0 saturated carbocycles. The average Bonchev–Trinajstić information content (AvgIpc) is 3.61. The Labute approximate surface area is 323 Å². The summed E-state index contributed by atoms with van der Waals surface area (Å²) in [7, 11) is 10.2. The van der Waals surface area contributed by atoms with Crippen molar-refractivity contribution in [3.05, 3.63) is 39.9 Å². The highest BCUT2D eigenvalue weighted by atomic mass is 16.6. The predicted octanol–water partition coefficient (Wildman–Crippen LogP) is 4.24. The smallest absolute Gasteiger partial charge is 0.269 e. The maximum atomic E-state index is 14.2. The molecule has 1 aromatic carbocycles. The van der Waals surface area contributed by atoms with Crippen LogP contribution < -0.4 is 5.32 Å². The fourth-order valence-corrected chi connectivity index (χ4v) is 7.98. The molecule has 306 valence electrons. The second-order valence-corrected chi connectivity index (χ2v) is 15.9. The number of amides is 4. The monoisotopic (exact) mass is 761 g/mol.